The predicted octanol–water partition coefficient (Wildman–Crippen LogP) is 2.11. The molecule has 0 bridgehead atoms. The first-order valence-electron chi connectivity index (χ1n) is 6.88. The Bertz CT molecular complexity index is 569. The summed E-state index contributed by atoms with van der Waals surface area (Å²) in [5.41, 5.74) is 0.757. The van der Waals surface area contributed by atoms with Crippen LogP contribution in [0.15, 0.2) is 23.1 Å². The highest BCUT2D eigenvalue weighted by Crippen LogP contribution is 2.28. The Balaban J connectivity index is 2.34. The highest BCUT2D eigenvalue weighted by molar-refractivity contribution is 7.89. The number of rotatable bonds is 5. The van der Waals surface area contributed by atoms with Crippen molar-refractivity contribution in [3.63, 3.8) is 0 Å². The van der Waals surface area contributed by atoms with Gasteiger partial charge in [0.05, 0.1) is 0 Å². The van der Waals surface area contributed by atoms with Crippen molar-refractivity contribution in [3.8, 4) is 0 Å². The first-order valence-corrected chi connectivity index (χ1v) is 8.32. The molecule has 0 aromatic heterocycles. The lowest BCUT2D eigenvalue weighted by molar-refractivity contribution is 0.370. The predicted molar refractivity (Wildman–Crippen MR) is 76.4 cm³/mol. The van der Waals surface area contributed by atoms with E-state index in [-0.39, 0.29) is 10.9 Å². The van der Waals surface area contributed by atoms with E-state index in [1.54, 1.807) is 20.2 Å². The second-order valence-electron chi connectivity index (χ2n) is 5.25. The summed E-state index contributed by atoms with van der Waals surface area (Å²) in [5.74, 6) is -0.685. The van der Waals surface area contributed by atoms with Gasteiger partial charge in [-0.1, -0.05) is 18.9 Å². The van der Waals surface area contributed by atoms with E-state index >= 15 is 0 Å². The van der Waals surface area contributed by atoms with Crippen LogP contribution in [-0.2, 0) is 16.6 Å². The van der Waals surface area contributed by atoms with Gasteiger partial charge >= 0.3 is 0 Å². The van der Waals surface area contributed by atoms with Crippen molar-refractivity contribution in [2.24, 2.45) is 0 Å². The Morgan fingerprint density at radius 1 is 1.35 bits per heavy atom. The molecule has 0 aliphatic heterocycles. The Labute approximate surface area is 120 Å². The highest BCUT2D eigenvalue weighted by atomic mass is 32.2. The fourth-order valence-corrected chi connectivity index (χ4v) is 4.21. The molecule has 1 aromatic carbocycles. The summed E-state index contributed by atoms with van der Waals surface area (Å²) in [6.07, 6.45) is 3.78. The van der Waals surface area contributed by atoms with E-state index in [2.05, 4.69) is 5.32 Å². The van der Waals surface area contributed by atoms with Gasteiger partial charge in [0.2, 0.25) is 10.0 Å². The summed E-state index contributed by atoms with van der Waals surface area (Å²) in [7, 11) is -0.446. The number of halogens is 1. The molecule has 0 unspecified atom stereocenters. The minimum Gasteiger partial charge on any atom is -0.316 e. The molecule has 1 saturated carbocycles. The molecule has 20 heavy (non-hydrogen) atoms. The van der Waals surface area contributed by atoms with Gasteiger partial charge in [0.1, 0.15) is 10.7 Å². The third-order valence-corrected chi connectivity index (χ3v) is 5.80. The van der Waals surface area contributed by atoms with Crippen LogP contribution in [0.25, 0.3) is 0 Å². The molecule has 1 aromatic rings. The fourth-order valence-electron chi connectivity index (χ4n) is 2.68. The van der Waals surface area contributed by atoms with Gasteiger partial charge in [0.15, 0.2) is 0 Å². The van der Waals surface area contributed by atoms with Crippen LogP contribution in [0.1, 0.15) is 31.2 Å². The molecule has 0 radical (unpaired) electrons. The molecule has 0 saturated heterocycles. The van der Waals surface area contributed by atoms with Gasteiger partial charge in [0, 0.05) is 19.6 Å². The van der Waals surface area contributed by atoms with E-state index in [9.17, 15) is 12.8 Å². The third kappa shape index (κ3) is 3.02. The number of benzene rings is 1. The first-order chi connectivity index (χ1) is 9.46. The molecule has 0 atom stereocenters. The zero-order valence-electron chi connectivity index (χ0n) is 11.9. The first kappa shape index (κ1) is 15.4. The van der Waals surface area contributed by atoms with E-state index in [0.29, 0.717) is 6.54 Å². The van der Waals surface area contributed by atoms with E-state index < -0.39 is 15.8 Å². The molecule has 0 amide bonds. The summed E-state index contributed by atoms with van der Waals surface area (Å²) in [6.45, 7) is 0.510. The summed E-state index contributed by atoms with van der Waals surface area (Å²) in [4.78, 5) is -0.223. The van der Waals surface area contributed by atoms with Gasteiger partial charge in [0.25, 0.3) is 0 Å². The lowest BCUT2D eigenvalue weighted by Gasteiger charge is -2.24. The lowest BCUT2D eigenvalue weighted by atomic mass is 10.2. The Kier molecular flexibility index (Phi) is 4.78. The van der Waals surface area contributed by atoms with Crippen molar-refractivity contribution >= 4 is 10.0 Å². The minimum absolute atomic E-state index is 0.00708. The van der Waals surface area contributed by atoms with Crippen molar-refractivity contribution in [2.45, 2.75) is 43.2 Å². The molecule has 1 aliphatic carbocycles. The molecular weight excluding hydrogens is 279 g/mol. The van der Waals surface area contributed by atoms with Gasteiger partial charge < -0.3 is 5.32 Å². The normalized spacial score (nSPS) is 17.0. The Morgan fingerprint density at radius 2 is 2.00 bits per heavy atom. The molecule has 1 N–H and O–H groups in total. The molecular formula is C14H21FN2O2S. The quantitative estimate of drug-likeness (QED) is 0.906. The Morgan fingerprint density at radius 3 is 2.60 bits per heavy atom. The average molecular weight is 300 g/mol. The maximum atomic E-state index is 13.9. The second-order valence-corrected chi connectivity index (χ2v) is 7.22. The summed E-state index contributed by atoms with van der Waals surface area (Å²) in [6, 6.07) is 4.24. The molecule has 4 nitrogen and oxygen atoms in total. The monoisotopic (exact) mass is 300 g/mol. The summed E-state index contributed by atoms with van der Waals surface area (Å²) in [5, 5.41) is 2.94. The zero-order chi connectivity index (χ0) is 14.8. The van der Waals surface area contributed by atoms with Crippen LogP contribution in [-0.4, -0.2) is 32.9 Å². The van der Waals surface area contributed by atoms with Gasteiger partial charge in [-0.05, 0) is 37.6 Å². The van der Waals surface area contributed by atoms with Gasteiger partial charge in [-0.2, -0.15) is 4.31 Å². The molecule has 112 valence electrons. The Hall–Kier alpha value is -0.980. The van der Waals surface area contributed by atoms with E-state index in [0.717, 1.165) is 31.2 Å². The lowest BCUT2D eigenvalue weighted by Crippen LogP contribution is -2.35. The standard InChI is InChI=1S/C14H21FN2O2S/c1-16-10-11-7-8-13(15)14(9-11)20(18,19)17(2)12-5-3-4-6-12/h7-9,12,16H,3-6,10H2,1-2H3. The molecule has 6 heteroatoms. The van der Waals surface area contributed by atoms with Crippen LogP contribution in [0, 0.1) is 5.82 Å². The number of hydrogen-bond donors (Lipinski definition) is 1. The molecule has 0 spiro atoms. The minimum atomic E-state index is -3.76. The SMILES string of the molecule is CNCc1ccc(F)c(S(=O)(=O)N(C)C2CCCC2)c1. The topological polar surface area (TPSA) is 49.4 Å². The number of sulfonamides is 1. The number of nitrogens with one attached hydrogen (secondary N) is 1. The van der Waals surface area contributed by atoms with Crippen molar-refractivity contribution < 1.29 is 12.8 Å². The number of hydrogen-bond acceptors (Lipinski definition) is 3. The molecule has 1 fully saturated rings. The summed E-state index contributed by atoms with van der Waals surface area (Å²) < 4.78 is 40.4. The van der Waals surface area contributed by atoms with Crippen LogP contribution in [0.4, 0.5) is 4.39 Å². The molecule has 1 aliphatic rings. The zero-order valence-corrected chi connectivity index (χ0v) is 12.7. The van der Waals surface area contributed by atoms with Gasteiger partial charge in [-0.25, -0.2) is 12.8 Å². The van der Waals surface area contributed by atoms with Gasteiger partial charge in [-0.15, -0.1) is 0 Å². The molecule has 2 rings (SSSR count). The maximum absolute atomic E-state index is 13.9. The van der Waals surface area contributed by atoms with E-state index in [4.69, 9.17) is 0 Å². The van der Waals surface area contributed by atoms with Crippen molar-refractivity contribution in [2.75, 3.05) is 14.1 Å². The average Bonchev–Trinajstić information content (AvgIpc) is 2.94. The molecule has 0 heterocycles. The summed E-state index contributed by atoms with van der Waals surface area (Å²) >= 11 is 0. The van der Waals surface area contributed by atoms with Crippen LogP contribution in [0.2, 0.25) is 0 Å². The third-order valence-electron chi connectivity index (χ3n) is 3.87. The smallest absolute Gasteiger partial charge is 0.245 e. The van der Waals surface area contributed by atoms with E-state index in [1.807, 2.05) is 0 Å². The van der Waals surface area contributed by atoms with Crippen LogP contribution in [0.5, 0.6) is 0 Å². The van der Waals surface area contributed by atoms with Gasteiger partial charge in [-0.3, -0.25) is 0 Å². The van der Waals surface area contributed by atoms with Crippen LogP contribution in [0.3, 0.4) is 0 Å². The van der Waals surface area contributed by atoms with Crippen molar-refractivity contribution in [1.29, 1.82) is 0 Å². The van der Waals surface area contributed by atoms with Crippen molar-refractivity contribution in [3.05, 3.63) is 29.6 Å². The van der Waals surface area contributed by atoms with Crippen LogP contribution >= 0.6 is 0 Å². The van der Waals surface area contributed by atoms with Crippen molar-refractivity contribution in [1.82, 2.24) is 9.62 Å². The fraction of sp³-hybridized carbons (Fsp3) is 0.571. The van der Waals surface area contributed by atoms with Crippen LogP contribution < -0.4 is 5.32 Å². The second kappa shape index (κ2) is 6.20. The largest absolute Gasteiger partial charge is 0.316 e. The maximum Gasteiger partial charge on any atom is 0.245 e. The highest BCUT2D eigenvalue weighted by Gasteiger charge is 2.31. The van der Waals surface area contributed by atoms with E-state index in [1.165, 1.54) is 16.4 Å². The number of nitrogens with zero attached hydrogens (tertiary/aromatic N) is 1.